The van der Waals surface area contributed by atoms with Crippen molar-refractivity contribution in [2.45, 2.75) is 40.2 Å². The lowest BCUT2D eigenvalue weighted by Crippen LogP contribution is -2.24. The van der Waals surface area contributed by atoms with Gasteiger partial charge in [0.05, 0.1) is 6.26 Å². The van der Waals surface area contributed by atoms with Gasteiger partial charge in [-0.2, -0.15) is 0 Å². The summed E-state index contributed by atoms with van der Waals surface area (Å²) in [4.78, 5) is 0. The lowest BCUT2D eigenvalue weighted by atomic mass is 9.94. The highest BCUT2D eigenvalue weighted by Crippen LogP contribution is 2.46. The summed E-state index contributed by atoms with van der Waals surface area (Å²) in [6, 6.07) is 8.20. The van der Waals surface area contributed by atoms with E-state index in [1.807, 2.05) is 12.1 Å². The fourth-order valence-corrected chi connectivity index (χ4v) is 2.85. The van der Waals surface area contributed by atoms with Crippen molar-refractivity contribution in [1.82, 2.24) is 0 Å². The van der Waals surface area contributed by atoms with Crippen LogP contribution in [-0.2, 0) is 6.42 Å². The van der Waals surface area contributed by atoms with Crippen molar-refractivity contribution in [1.29, 1.82) is 0 Å². The van der Waals surface area contributed by atoms with Crippen molar-refractivity contribution in [2.24, 2.45) is 0 Å². The van der Waals surface area contributed by atoms with Gasteiger partial charge in [0.2, 0.25) is 0 Å². The molecule has 0 amide bonds. The molecule has 0 aliphatic carbocycles. The fraction of sp³-hybridized carbons (Fsp3) is 0.333. The molecular weight excluding hydrogens is 248 g/mol. The minimum absolute atomic E-state index is 0. The van der Waals surface area contributed by atoms with Crippen LogP contribution in [0.4, 0.5) is 0 Å². The lowest BCUT2D eigenvalue weighted by Gasteiger charge is -2.17. The third-order valence-corrected chi connectivity index (χ3v) is 3.67. The average Bonchev–Trinajstić information content (AvgIpc) is 2.71. The van der Waals surface area contributed by atoms with Crippen molar-refractivity contribution in [3.8, 4) is 11.5 Å². The van der Waals surface area contributed by atoms with Crippen molar-refractivity contribution < 1.29 is 9.47 Å². The third kappa shape index (κ3) is 2.05. The maximum Gasteiger partial charge on any atom is 0.137 e. The molecule has 20 heavy (non-hydrogen) atoms. The van der Waals surface area contributed by atoms with Crippen LogP contribution in [0.1, 0.15) is 32.4 Å². The summed E-state index contributed by atoms with van der Waals surface area (Å²) in [6.45, 7) is 10.0. The number of hydrogen-bond donors (Lipinski definition) is 0. The summed E-state index contributed by atoms with van der Waals surface area (Å²) in [7, 11) is 0. The first-order valence-electron chi connectivity index (χ1n) is 6.54. The molecule has 2 aromatic carbocycles. The van der Waals surface area contributed by atoms with Gasteiger partial charge in [0.25, 0.3) is 0 Å². The summed E-state index contributed by atoms with van der Waals surface area (Å²) in [6.07, 6.45) is 2.40. The molecule has 0 bridgehead atoms. The van der Waals surface area contributed by atoms with Gasteiger partial charge in [-0.3, -0.25) is 0 Å². The van der Waals surface area contributed by atoms with Crippen LogP contribution in [-0.4, -0.2) is 5.60 Å². The maximum absolute atomic E-state index is 6.14. The van der Waals surface area contributed by atoms with E-state index in [0.717, 1.165) is 34.3 Å². The Hall–Kier alpha value is -1.96. The minimum Gasteiger partial charge on any atom is -0.487 e. The predicted octanol–water partition coefficient (Wildman–Crippen LogP) is 5.02. The van der Waals surface area contributed by atoms with Crippen molar-refractivity contribution in [2.75, 3.05) is 0 Å². The van der Waals surface area contributed by atoms with Gasteiger partial charge < -0.3 is 9.47 Å². The Morgan fingerprint density at radius 2 is 1.90 bits per heavy atom. The van der Waals surface area contributed by atoms with Gasteiger partial charge in [-0.1, -0.05) is 38.3 Å². The standard InChI is InChI=1S/C17H18O2.CH4/c1-5-18-15-11(2)14-10-17(3,4)19-16(14)13-9-7-6-8-12(13)15;/h5-9H,1,10H2,2-4H3;1H4. The molecule has 2 aromatic rings. The Labute approximate surface area is 121 Å². The molecule has 0 saturated heterocycles. The molecule has 0 radical (unpaired) electrons. The number of rotatable bonds is 2. The second-order valence-electron chi connectivity index (χ2n) is 5.63. The zero-order valence-electron chi connectivity index (χ0n) is 11.6. The highest BCUT2D eigenvalue weighted by molar-refractivity contribution is 5.96. The molecule has 0 atom stereocenters. The second kappa shape index (κ2) is 4.86. The van der Waals surface area contributed by atoms with E-state index >= 15 is 0 Å². The van der Waals surface area contributed by atoms with Gasteiger partial charge in [-0.05, 0) is 26.3 Å². The number of benzene rings is 2. The van der Waals surface area contributed by atoms with E-state index < -0.39 is 0 Å². The third-order valence-electron chi connectivity index (χ3n) is 3.67. The van der Waals surface area contributed by atoms with Crippen LogP contribution in [0.15, 0.2) is 37.1 Å². The molecule has 106 valence electrons. The monoisotopic (exact) mass is 270 g/mol. The molecule has 0 aromatic heterocycles. The Bertz CT molecular complexity index is 669. The van der Waals surface area contributed by atoms with Gasteiger partial charge in [-0.15, -0.1) is 0 Å². The topological polar surface area (TPSA) is 18.5 Å². The van der Waals surface area contributed by atoms with E-state index in [4.69, 9.17) is 9.47 Å². The zero-order valence-corrected chi connectivity index (χ0v) is 11.6. The summed E-state index contributed by atoms with van der Waals surface area (Å²) in [5.74, 6) is 1.90. The average molecular weight is 270 g/mol. The van der Waals surface area contributed by atoms with Gasteiger partial charge >= 0.3 is 0 Å². The van der Waals surface area contributed by atoms with E-state index in [1.165, 1.54) is 11.8 Å². The van der Waals surface area contributed by atoms with E-state index in [9.17, 15) is 0 Å². The highest BCUT2D eigenvalue weighted by Gasteiger charge is 2.34. The predicted molar refractivity (Wildman–Crippen MR) is 84.7 cm³/mol. The summed E-state index contributed by atoms with van der Waals surface area (Å²) in [5.41, 5.74) is 2.25. The van der Waals surface area contributed by atoms with Crippen molar-refractivity contribution >= 4 is 10.8 Å². The molecule has 2 heteroatoms. The Balaban J connectivity index is 0.00000147. The molecular formula is C18H22O2. The molecule has 1 aliphatic heterocycles. The Morgan fingerprint density at radius 3 is 2.55 bits per heavy atom. The molecule has 3 rings (SSSR count). The van der Waals surface area contributed by atoms with Crippen LogP contribution >= 0.6 is 0 Å². The summed E-state index contributed by atoms with van der Waals surface area (Å²) < 4.78 is 11.8. The second-order valence-corrected chi connectivity index (χ2v) is 5.63. The SMILES string of the molecule is C.C=COc1c(C)c2c(c3ccccc13)OC(C)(C)C2. The van der Waals surface area contributed by atoms with E-state index in [0.29, 0.717) is 0 Å². The Kier molecular flexibility index (Phi) is 3.51. The van der Waals surface area contributed by atoms with Gasteiger partial charge in [0, 0.05) is 22.8 Å². The molecule has 1 aliphatic rings. The molecule has 2 nitrogen and oxygen atoms in total. The van der Waals surface area contributed by atoms with Crippen LogP contribution in [0.2, 0.25) is 0 Å². The van der Waals surface area contributed by atoms with Crippen LogP contribution in [0, 0.1) is 6.92 Å². The first-order chi connectivity index (χ1) is 9.03. The normalized spacial score (nSPS) is 15.2. The lowest BCUT2D eigenvalue weighted by molar-refractivity contribution is 0.140. The van der Waals surface area contributed by atoms with Crippen LogP contribution in [0.5, 0.6) is 11.5 Å². The van der Waals surface area contributed by atoms with E-state index in [1.54, 1.807) is 0 Å². The number of hydrogen-bond acceptors (Lipinski definition) is 2. The zero-order chi connectivity index (χ0) is 13.6. The highest BCUT2D eigenvalue weighted by atomic mass is 16.5. The van der Waals surface area contributed by atoms with Gasteiger partial charge in [-0.25, -0.2) is 0 Å². The number of ether oxygens (including phenoxy) is 2. The molecule has 0 N–H and O–H groups in total. The summed E-state index contributed by atoms with van der Waals surface area (Å²) in [5, 5.41) is 2.20. The van der Waals surface area contributed by atoms with Crippen LogP contribution in [0.3, 0.4) is 0 Å². The first-order valence-corrected chi connectivity index (χ1v) is 6.54. The quantitative estimate of drug-likeness (QED) is 0.713. The van der Waals surface area contributed by atoms with Crippen LogP contribution < -0.4 is 9.47 Å². The minimum atomic E-state index is -0.150. The van der Waals surface area contributed by atoms with Gasteiger partial charge in [0.15, 0.2) is 0 Å². The van der Waals surface area contributed by atoms with Crippen molar-refractivity contribution in [3.05, 3.63) is 48.2 Å². The molecule has 0 fully saturated rings. The van der Waals surface area contributed by atoms with Crippen LogP contribution in [0.25, 0.3) is 10.8 Å². The molecule has 0 saturated carbocycles. The summed E-state index contributed by atoms with van der Waals surface area (Å²) >= 11 is 0. The molecule has 1 heterocycles. The number of fused-ring (bicyclic) bond motifs is 3. The first kappa shape index (κ1) is 14.4. The molecule has 0 unspecified atom stereocenters. The largest absolute Gasteiger partial charge is 0.487 e. The van der Waals surface area contributed by atoms with E-state index in [-0.39, 0.29) is 13.0 Å². The maximum atomic E-state index is 6.14. The van der Waals surface area contributed by atoms with E-state index in [2.05, 4.69) is 39.5 Å². The Morgan fingerprint density at radius 1 is 1.25 bits per heavy atom. The smallest absolute Gasteiger partial charge is 0.137 e. The molecule has 0 spiro atoms. The fourth-order valence-electron chi connectivity index (χ4n) is 2.85. The van der Waals surface area contributed by atoms with Gasteiger partial charge in [0.1, 0.15) is 17.1 Å². The van der Waals surface area contributed by atoms with Crippen molar-refractivity contribution in [3.63, 3.8) is 0 Å².